The van der Waals surface area contributed by atoms with E-state index in [1.165, 1.54) is 0 Å². The molecule has 0 saturated carbocycles. The van der Waals surface area contributed by atoms with Gasteiger partial charge in [-0.3, -0.25) is 14.7 Å². The van der Waals surface area contributed by atoms with Crippen molar-refractivity contribution in [2.24, 2.45) is 5.92 Å². The lowest BCUT2D eigenvalue weighted by Crippen LogP contribution is -2.43. The molecule has 33 heavy (non-hydrogen) atoms. The number of para-hydroxylation sites is 2. The molecule has 172 valence electrons. The van der Waals surface area contributed by atoms with Crippen LogP contribution < -0.4 is 14.8 Å². The first-order valence-electron chi connectivity index (χ1n) is 11.5. The van der Waals surface area contributed by atoms with Gasteiger partial charge >= 0.3 is 0 Å². The summed E-state index contributed by atoms with van der Waals surface area (Å²) in [6.07, 6.45) is 3.41. The first-order chi connectivity index (χ1) is 16.2. The zero-order valence-corrected chi connectivity index (χ0v) is 19.0. The molecule has 0 unspecified atom stereocenters. The summed E-state index contributed by atoms with van der Waals surface area (Å²) >= 11 is 0. The van der Waals surface area contributed by atoms with E-state index >= 15 is 0 Å². The standard InChI is InChI=1S/C27H31N3O3/c1-32-25-13-6-5-11-23(25)26(24-12-7-8-16-28-24)29-27(31)21-14-17-30(18-15-21)19-20-33-22-9-3-2-4-10-22/h2-13,16,21,26H,14-15,17-20H2,1H3,(H,29,31)/t26-/m1/s1. The van der Waals surface area contributed by atoms with Crippen LogP contribution in [0.5, 0.6) is 11.5 Å². The second-order valence-electron chi connectivity index (χ2n) is 8.22. The fourth-order valence-electron chi connectivity index (χ4n) is 4.25. The van der Waals surface area contributed by atoms with Crippen molar-refractivity contribution < 1.29 is 14.3 Å². The lowest BCUT2D eigenvalue weighted by atomic mass is 9.94. The van der Waals surface area contributed by atoms with Gasteiger partial charge in [0.05, 0.1) is 18.8 Å². The minimum atomic E-state index is -0.354. The number of amides is 1. The van der Waals surface area contributed by atoms with E-state index in [1.54, 1.807) is 13.3 Å². The number of ether oxygens (including phenoxy) is 2. The van der Waals surface area contributed by atoms with Gasteiger partial charge in [-0.25, -0.2) is 0 Å². The maximum atomic E-state index is 13.2. The highest BCUT2D eigenvalue weighted by Gasteiger charge is 2.28. The Morgan fingerprint density at radius 2 is 1.76 bits per heavy atom. The SMILES string of the molecule is COc1ccccc1[C@@H](NC(=O)C1CCN(CCOc2ccccc2)CC1)c1ccccn1. The van der Waals surface area contributed by atoms with Gasteiger partial charge in [0.25, 0.3) is 0 Å². The molecule has 0 radical (unpaired) electrons. The fourth-order valence-corrected chi connectivity index (χ4v) is 4.25. The molecule has 2 aromatic carbocycles. The van der Waals surface area contributed by atoms with Gasteiger partial charge in [-0.2, -0.15) is 0 Å². The predicted molar refractivity (Wildman–Crippen MR) is 128 cm³/mol. The van der Waals surface area contributed by atoms with Gasteiger partial charge < -0.3 is 14.8 Å². The molecule has 1 aliphatic heterocycles. The highest BCUT2D eigenvalue weighted by atomic mass is 16.5. The Kier molecular flexibility index (Phi) is 7.93. The smallest absolute Gasteiger partial charge is 0.224 e. The summed E-state index contributed by atoms with van der Waals surface area (Å²) in [5.74, 6) is 1.68. The van der Waals surface area contributed by atoms with Crippen molar-refractivity contribution in [3.63, 3.8) is 0 Å². The molecular weight excluding hydrogens is 414 g/mol. The van der Waals surface area contributed by atoms with E-state index in [0.717, 1.165) is 55.2 Å². The van der Waals surface area contributed by atoms with E-state index in [2.05, 4.69) is 15.2 Å². The van der Waals surface area contributed by atoms with Crippen LogP contribution in [0.1, 0.15) is 30.1 Å². The molecule has 1 amide bonds. The molecule has 0 aliphatic carbocycles. The van der Waals surface area contributed by atoms with Crippen molar-refractivity contribution in [3.8, 4) is 11.5 Å². The maximum Gasteiger partial charge on any atom is 0.224 e. The quantitative estimate of drug-likeness (QED) is 0.538. The monoisotopic (exact) mass is 445 g/mol. The molecule has 1 aromatic heterocycles. The third kappa shape index (κ3) is 6.11. The Bertz CT molecular complexity index is 1010. The number of pyridine rings is 1. The minimum Gasteiger partial charge on any atom is -0.496 e. The van der Waals surface area contributed by atoms with Gasteiger partial charge in [0.15, 0.2) is 0 Å². The summed E-state index contributed by atoms with van der Waals surface area (Å²) in [6, 6.07) is 23.0. The molecule has 1 N–H and O–H groups in total. The van der Waals surface area contributed by atoms with Crippen LogP contribution in [-0.4, -0.2) is 49.1 Å². The van der Waals surface area contributed by atoms with Crippen LogP contribution in [0.4, 0.5) is 0 Å². The largest absolute Gasteiger partial charge is 0.496 e. The number of piperidine rings is 1. The fraction of sp³-hybridized carbons (Fsp3) is 0.333. The molecule has 4 rings (SSSR count). The molecule has 2 heterocycles. The van der Waals surface area contributed by atoms with Crippen molar-refractivity contribution in [2.75, 3.05) is 33.4 Å². The Balaban J connectivity index is 1.34. The molecule has 0 bridgehead atoms. The van der Waals surface area contributed by atoms with Gasteiger partial charge in [0.1, 0.15) is 18.1 Å². The highest BCUT2D eigenvalue weighted by molar-refractivity contribution is 5.79. The lowest BCUT2D eigenvalue weighted by Gasteiger charge is -2.32. The summed E-state index contributed by atoms with van der Waals surface area (Å²) in [6.45, 7) is 3.29. The van der Waals surface area contributed by atoms with Crippen LogP contribution in [0.2, 0.25) is 0 Å². The number of carbonyl (C=O) groups is 1. The second-order valence-corrected chi connectivity index (χ2v) is 8.22. The number of carbonyl (C=O) groups excluding carboxylic acids is 1. The van der Waals surface area contributed by atoms with Gasteiger partial charge in [-0.15, -0.1) is 0 Å². The molecule has 1 saturated heterocycles. The summed E-state index contributed by atoms with van der Waals surface area (Å²) in [7, 11) is 1.65. The summed E-state index contributed by atoms with van der Waals surface area (Å²) < 4.78 is 11.4. The van der Waals surface area contributed by atoms with Crippen LogP contribution in [-0.2, 0) is 4.79 Å². The van der Waals surface area contributed by atoms with Crippen molar-refractivity contribution in [3.05, 3.63) is 90.3 Å². The maximum absolute atomic E-state index is 13.2. The first kappa shape index (κ1) is 22.8. The zero-order chi connectivity index (χ0) is 22.9. The molecule has 1 fully saturated rings. The number of nitrogens with one attached hydrogen (secondary N) is 1. The molecule has 0 spiro atoms. The molecule has 6 heteroatoms. The van der Waals surface area contributed by atoms with Gasteiger partial charge in [-0.1, -0.05) is 42.5 Å². The number of benzene rings is 2. The van der Waals surface area contributed by atoms with E-state index in [1.807, 2.05) is 72.8 Å². The third-order valence-corrected chi connectivity index (χ3v) is 6.10. The Labute approximate surface area is 195 Å². The van der Waals surface area contributed by atoms with Gasteiger partial charge in [0, 0.05) is 24.2 Å². The average Bonchev–Trinajstić information content (AvgIpc) is 2.88. The van der Waals surface area contributed by atoms with Crippen molar-refractivity contribution in [2.45, 2.75) is 18.9 Å². The molecule has 1 aliphatic rings. The third-order valence-electron chi connectivity index (χ3n) is 6.10. The van der Waals surface area contributed by atoms with Crippen LogP contribution >= 0.6 is 0 Å². The summed E-state index contributed by atoms with van der Waals surface area (Å²) in [4.78, 5) is 20.1. The zero-order valence-electron chi connectivity index (χ0n) is 19.0. The number of likely N-dealkylation sites (tertiary alicyclic amines) is 1. The predicted octanol–water partition coefficient (Wildman–Crippen LogP) is 4.09. The molecule has 6 nitrogen and oxygen atoms in total. The molecular formula is C27H31N3O3. The van der Waals surface area contributed by atoms with Crippen molar-refractivity contribution >= 4 is 5.91 Å². The number of nitrogens with zero attached hydrogens (tertiary/aromatic N) is 2. The molecule has 1 atom stereocenters. The van der Waals surface area contributed by atoms with E-state index in [0.29, 0.717) is 6.61 Å². The van der Waals surface area contributed by atoms with E-state index < -0.39 is 0 Å². The highest BCUT2D eigenvalue weighted by Crippen LogP contribution is 2.30. The average molecular weight is 446 g/mol. The summed E-state index contributed by atoms with van der Waals surface area (Å²) in [5.41, 5.74) is 1.70. The lowest BCUT2D eigenvalue weighted by molar-refractivity contribution is -0.127. The number of rotatable bonds is 9. The Morgan fingerprint density at radius 1 is 1.03 bits per heavy atom. The van der Waals surface area contributed by atoms with Crippen molar-refractivity contribution in [1.82, 2.24) is 15.2 Å². The van der Waals surface area contributed by atoms with Crippen LogP contribution in [0.25, 0.3) is 0 Å². The van der Waals surface area contributed by atoms with Crippen LogP contribution in [0.3, 0.4) is 0 Å². The van der Waals surface area contributed by atoms with Crippen LogP contribution in [0, 0.1) is 5.92 Å². The Morgan fingerprint density at radius 3 is 2.48 bits per heavy atom. The molecule has 3 aromatic rings. The number of hydrogen-bond donors (Lipinski definition) is 1. The number of methoxy groups -OCH3 is 1. The van der Waals surface area contributed by atoms with Gasteiger partial charge in [-0.05, 0) is 56.3 Å². The van der Waals surface area contributed by atoms with Gasteiger partial charge in [0.2, 0.25) is 5.91 Å². The van der Waals surface area contributed by atoms with Crippen LogP contribution in [0.15, 0.2) is 79.0 Å². The van der Waals surface area contributed by atoms with Crippen molar-refractivity contribution in [1.29, 1.82) is 0 Å². The normalized spacial score (nSPS) is 15.5. The first-order valence-corrected chi connectivity index (χ1v) is 11.5. The topological polar surface area (TPSA) is 63.7 Å². The van der Waals surface area contributed by atoms with E-state index in [4.69, 9.17) is 9.47 Å². The van der Waals surface area contributed by atoms with E-state index in [-0.39, 0.29) is 17.9 Å². The number of hydrogen-bond acceptors (Lipinski definition) is 5. The number of aromatic nitrogens is 1. The summed E-state index contributed by atoms with van der Waals surface area (Å²) in [5, 5.41) is 3.25. The van der Waals surface area contributed by atoms with E-state index in [9.17, 15) is 4.79 Å². The Hall–Kier alpha value is -3.38. The minimum absolute atomic E-state index is 0.0165. The second kappa shape index (κ2) is 11.5.